The molecular formula is C12H15F3O. The van der Waals surface area contributed by atoms with Crippen molar-refractivity contribution in [3.8, 4) is 5.75 Å². The summed E-state index contributed by atoms with van der Waals surface area (Å²) in [5.74, 6) is -0.700. The maximum atomic E-state index is 13.1. The average molecular weight is 232 g/mol. The van der Waals surface area contributed by atoms with Gasteiger partial charge >= 0.3 is 6.61 Å². The summed E-state index contributed by atoms with van der Waals surface area (Å²) >= 11 is 0. The third-order valence-electron chi connectivity index (χ3n) is 2.49. The molecule has 1 unspecified atom stereocenters. The molecule has 1 rings (SSSR count). The smallest absolute Gasteiger partial charge is 0.387 e. The van der Waals surface area contributed by atoms with Gasteiger partial charge in [-0.05, 0) is 30.0 Å². The molecule has 0 spiro atoms. The van der Waals surface area contributed by atoms with E-state index in [1.165, 1.54) is 6.07 Å². The van der Waals surface area contributed by atoms with Gasteiger partial charge in [0.15, 0.2) is 11.6 Å². The van der Waals surface area contributed by atoms with Gasteiger partial charge in [0.1, 0.15) is 0 Å². The van der Waals surface area contributed by atoms with Crippen LogP contribution in [-0.2, 0) is 6.42 Å². The summed E-state index contributed by atoms with van der Waals surface area (Å²) in [5, 5.41) is 0. The highest BCUT2D eigenvalue weighted by atomic mass is 19.3. The molecule has 0 radical (unpaired) electrons. The summed E-state index contributed by atoms with van der Waals surface area (Å²) in [6.07, 6.45) is 1.72. The molecule has 16 heavy (non-hydrogen) atoms. The molecule has 0 saturated carbocycles. The van der Waals surface area contributed by atoms with Crippen LogP contribution in [0, 0.1) is 11.7 Å². The van der Waals surface area contributed by atoms with Gasteiger partial charge in [-0.25, -0.2) is 4.39 Å². The Balaban J connectivity index is 2.80. The summed E-state index contributed by atoms with van der Waals surface area (Å²) in [6.45, 7) is 1.11. The predicted molar refractivity (Wildman–Crippen MR) is 56.2 cm³/mol. The predicted octanol–water partition coefficient (Wildman–Crippen LogP) is 4.02. The lowest BCUT2D eigenvalue weighted by Gasteiger charge is -2.11. The van der Waals surface area contributed by atoms with E-state index in [0.29, 0.717) is 5.92 Å². The number of hydrogen-bond acceptors (Lipinski definition) is 1. The molecule has 0 N–H and O–H groups in total. The lowest BCUT2D eigenvalue weighted by atomic mass is 9.99. The van der Waals surface area contributed by atoms with E-state index in [1.807, 2.05) is 6.92 Å². The number of hydrogen-bond donors (Lipinski definition) is 0. The summed E-state index contributed by atoms with van der Waals surface area (Å²) in [7, 11) is 0. The zero-order chi connectivity index (χ0) is 12.1. The Kier molecular flexibility index (Phi) is 4.65. The fourth-order valence-electron chi connectivity index (χ4n) is 1.41. The minimum absolute atomic E-state index is 0.379. The Morgan fingerprint density at radius 1 is 1.31 bits per heavy atom. The maximum Gasteiger partial charge on any atom is 0.387 e. The minimum atomic E-state index is -2.99. The largest absolute Gasteiger partial charge is 0.432 e. The molecular weight excluding hydrogens is 217 g/mol. The van der Waals surface area contributed by atoms with Crippen molar-refractivity contribution in [3.63, 3.8) is 0 Å². The molecule has 0 heterocycles. The number of benzene rings is 1. The van der Waals surface area contributed by atoms with E-state index in [2.05, 4.69) is 11.7 Å². The first-order valence-electron chi connectivity index (χ1n) is 5.26. The highest BCUT2D eigenvalue weighted by Crippen LogP contribution is 2.23. The molecule has 0 bridgehead atoms. The van der Waals surface area contributed by atoms with E-state index in [-0.39, 0.29) is 5.75 Å². The highest BCUT2D eigenvalue weighted by Gasteiger charge is 2.11. The number of halogens is 3. The third-order valence-corrected chi connectivity index (χ3v) is 2.49. The molecule has 1 atom stereocenters. The van der Waals surface area contributed by atoms with E-state index in [0.717, 1.165) is 24.5 Å². The molecule has 0 aliphatic carbocycles. The van der Waals surface area contributed by atoms with Crippen LogP contribution in [-0.4, -0.2) is 6.61 Å². The summed E-state index contributed by atoms with van der Waals surface area (Å²) in [4.78, 5) is 0. The quantitative estimate of drug-likeness (QED) is 0.745. The van der Waals surface area contributed by atoms with Gasteiger partial charge in [-0.1, -0.05) is 26.3 Å². The van der Waals surface area contributed by atoms with E-state index >= 15 is 0 Å². The molecule has 4 heteroatoms. The molecule has 0 aromatic heterocycles. The number of ether oxygens (including phenoxy) is 1. The van der Waals surface area contributed by atoms with Crippen molar-refractivity contribution < 1.29 is 17.9 Å². The second-order valence-electron chi connectivity index (χ2n) is 3.86. The molecule has 1 aromatic rings. The van der Waals surface area contributed by atoms with Gasteiger partial charge in [0, 0.05) is 0 Å². The standard InChI is InChI=1S/C12H15F3O/c1-3-8(2)6-9-4-5-10(13)11(7-9)16-12(14)15/h4-5,7-8,12H,3,6H2,1-2H3. The van der Waals surface area contributed by atoms with Crippen molar-refractivity contribution in [3.05, 3.63) is 29.6 Å². The van der Waals surface area contributed by atoms with Crippen molar-refractivity contribution in [2.75, 3.05) is 0 Å². The van der Waals surface area contributed by atoms with Gasteiger partial charge in [-0.3, -0.25) is 0 Å². The van der Waals surface area contributed by atoms with E-state index in [1.54, 1.807) is 6.07 Å². The van der Waals surface area contributed by atoms with Crippen molar-refractivity contribution >= 4 is 0 Å². The van der Waals surface area contributed by atoms with Crippen LogP contribution in [0.25, 0.3) is 0 Å². The molecule has 90 valence electrons. The Labute approximate surface area is 93.2 Å². The first-order chi connectivity index (χ1) is 7.52. The Hall–Kier alpha value is -1.19. The van der Waals surface area contributed by atoms with Gasteiger partial charge < -0.3 is 4.74 Å². The third kappa shape index (κ3) is 3.76. The Morgan fingerprint density at radius 2 is 2.00 bits per heavy atom. The number of alkyl halides is 2. The van der Waals surface area contributed by atoms with Crippen LogP contribution in [0.1, 0.15) is 25.8 Å². The lowest BCUT2D eigenvalue weighted by molar-refractivity contribution is -0.0522. The monoisotopic (exact) mass is 232 g/mol. The molecule has 0 aliphatic heterocycles. The van der Waals surface area contributed by atoms with Crippen molar-refractivity contribution in [2.45, 2.75) is 33.3 Å². The van der Waals surface area contributed by atoms with Crippen molar-refractivity contribution in [1.29, 1.82) is 0 Å². The summed E-state index contributed by atoms with van der Waals surface area (Å²) < 4.78 is 41.1. The normalized spacial score (nSPS) is 12.9. The van der Waals surface area contributed by atoms with Crippen molar-refractivity contribution in [2.24, 2.45) is 5.92 Å². The molecule has 0 fully saturated rings. The first-order valence-corrected chi connectivity index (χ1v) is 5.26. The molecule has 0 aliphatic rings. The van der Waals surface area contributed by atoms with E-state index in [9.17, 15) is 13.2 Å². The summed E-state index contributed by atoms with van der Waals surface area (Å²) in [5.41, 5.74) is 0.811. The van der Waals surface area contributed by atoms with Gasteiger partial charge in [0.2, 0.25) is 0 Å². The average Bonchev–Trinajstić information content (AvgIpc) is 2.22. The lowest BCUT2D eigenvalue weighted by Crippen LogP contribution is -2.05. The van der Waals surface area contributed by atoms with Crippen LogP contribution < -0.4 is 4.74 Å². The van der Waals surface area contributed by atoms with Crippen LogP contribution in [0.2, 0.25) is 0 Å². The zero-order valence-corrected chi connectivity index (χ0v) is 9.34. The Morgan fingerprint density at radius 3 is 2.56 bits per heavy atom. The van der Waals surface area contributed by atoms with Crippen LogP contribution >= 0.6 is 0 Å². The second kappa shape index (κ2) is 5.77. The summed E-state index contributed by atoms with van der Waals surface area (Å²) in [6, 6.07) is 4.10. The van der Waals surface area contributed by atoms with Gasteiger partial charge in [-0.15, -0.1) is 0 Å². The second-order valence-corrected chi connectivity index (χ2v) is 3.86. The number of rotatable bonds is 5. The van der Waals surface area contributed by atoms with E-state index in [4.69, 9.17) is 0 Å². The Bertz CT molecular complexity index is 339. The molecule has 0 amide bonds. The van der Waals surface area contributed by atoms with Crippen LogP contribution in [0.15, 0.2) is 18.2 Å². The van der Waals surface area contributed by atoms with Crippen LogP contribution in [0.3, 0.4) is 0 Å². The maximum absolute atomic E-state index is 13.1. The topological polar surface area (TPSA) is 9.23 Å². The zero-order valence-electron chi connectivity index (χ0n) is 9.34. The van der Waals surface area contributed by atoms with Gasteiger partial charge in [0.25, 0.3) is 0 Å². The minimum Gasteiger partial charge on any atom is -0.432 e. The fourth-order valence-corrected chi connectivity index (χ4v) is 1.41. The van der Waals surface area contributed by atoms with Crippen molar-refractivity contribution in [1.82, 2.24) is 0 Å². The fraction of sp³-hybridized carbons (Fsp3) is 0.500. The highest BCUT2D eigenvalue weighted by molar-refractivity contribution is 5.30. The molecule has 1 nitrogen and oxygen atoms in total. The van der Waals surface area contributed by atoms with Gasteiger partial charge in [-0.2, -0.15) is 8.78 Å². The van der Waals surface area contributed by atoms with Gasteiger partial charge in [0.05, 0.1) is 0 Å². The molecule has 0 saturated heterocycles. The van der Waals surface area contributed by atoms with Crippen LogP contribution in [0.5, 0.6) is 5.75 Å². The van der Waals surface area contributed by atoms with Crippen LogP contribution in [0.4, 0.5) is 13.2 Å². The first kappa shape index (κ1) is 12.9. The molecule has 1 aromatic carbocycles. The SMILES string of the molecule is CCC(C)Cc1ccc(F)c(OC(F)F)c1. The van der Waals surface area contributed by atoms with E-state index < -0.39 is 12.4 Å².